The van der Waals surface area contributed by atoms with Crippen LogP contribution in [-0.2, 0) is 4.79 Å². The van der Waals surface area contributed by atoms with Crippen LogP contribution in [-0.4, -0.2) is 31.9 Å². The van der Waals surface area contributed by atoms with Gasteiger partial charge in [0, 0.05) is 4.88 Å². The Kier molecular flexibility index (Phi) is 4.29. The molecule has 108 valence electrons. The zero-order valence-corrected chi connectivity index (χ0v) is 13.3. The molecule has 3 N–H and O–H groups in total. The van der Waals surface area contributed by atoms with Crippen LogP contribution in [0.4, 0.5) is 11.1 Å². The van der Waals surface area contributed by atoms with Gasteiger partial charge in [-0.1, -0.05) is 11.8 Å². The van der Waals surface area contributed by atoms with E-state index in [9.17, 15) is 4.79 Å². The molecular formula is C11H16N6OS2. The summed E-state index contributed by atoms with van der Waals surface area (Å²) in [6.45, 7) is 5.63. The van der Waals surface area contributed by atoms with Crippen LogP contribution in [0.3, 0.4) is 0 Å². The molecule has 2 aromatic heterocycles. The number of thioether (sulfide) groups is 1. The van der Waals surface area contributed by atoms with E-state index in [0.717, 1.165) is 10.6 Å². The second-order valence-electron chi connectivity index (χ2n) is 4.24. The fourth-order valence-corrected chi connectivity index (χ4v) is 3.03. The predicted molar refractivity (Wildman–Crippen MR) is 81.1 cm³/mol. The molecule has 2 heterocycles. The Balaban J connectivity index is 2.18. The van der Waals surface area contributed by atoms with Gasteiger partial charge in [-0.05, 0) is 27.0 Å². The molecule has 1 unspecified atom stereocenters. The third-order valence-electron chi connectivity index (χ3n) is 2.90. The molecule has 9 heteroatoms. The molecule has 1 amide bonds. The van der Waals surface area contributed by atoms with Crippen molar-refractivity contribution in [1.82, 2.24) is 19.7 Å². The minimum atomic E-state index is -0.503. The summed E-state index contributed by atoms with van der Waals surface area (Å²) >= 11 is 2.84. The first-order valence-corrected chi connectivity index (χ1v) is 7.97. The number of aryl methyl sites for hydroxylation is 2. The van der Waals surface area contributed by atoms with Gasteiger partial charge in [-0.3, -0.25) is 9.36 Å². The summed E-state index contributed by atoms with van der Waals surface area (Å²) in [4.78, 5) is 17.6. The second kappa shape index (κ2) is 5.80. The lowest BCUT2D eigenvalue weighted by molar-refractivity contribution is -0.118. The standard InChI is InChI=1S/C11H16N6OS2/c1-5-7(3)20-10(13-5)14-8(18)6(2)17-9(12)15-16-11(17)19-4/h6H,1-4H3,(H2,12,15)(H,13,14,18). The van der Waals surface area contributed by atoms with E-state index in [1.54, 1.807) is 11.5 Å². The number of nitrogen functional groups attached to an aromatic ring is 1. The van der Waals surface area contributed by atoms with Crippen molar-refractivity contribution >= 4 is 40.1 Å². The van der Waals surface area contributed by atoms with Crippen molar-refractivity contribution in [1.29, 1.82) is 0 Å². The van der Waals surface area contributed by atoms with Gasteiger partial charge in [0.25, 0.3) is 0 Å². The van der Waals surface area contributed by atoms with Crippen molar-refractivity contribution in [3.05, 3.63) is 10.6 Å². The highest BCUT2D eigenvalue weighted by molar-refractivity contribution is 7.98. The van der Waals surface area contributed by atoms with Crippen molar-refractivity contribution in [2.45, 2.75) is 32.0 Å². The topological polar surface area (TPSA) is 98.7 Å². The highest BCUT2D eigenvalue weighted by Crippen LogP contribution is 2.24. The Morgan fingerprint density at radius 2 is 2.15 bits per heavy atom. The summed E-state index contributed by atoms with van der Waals surface area (Å²) in [6, 6.07) is -0.503. The van der Waals surface area contributed by atoms with E-state index in [4.69, 9.17) is 5.73 Å². The van der Waals surface area contributed by atoms with Gasteiger partial charge >= 0.3 is 0 Å². The number of nitrogens with two attached hydrogens (primary N) is 1. The number of rotatable bonds is 4. The van der Waals surface area contributed by atoms with E-state index in [0.29, 0.717) is 10.3 Å². The zero-order valence-electron chi connectivity index (χ0n) is 11.7. The van der Waals surface area contributed by atoms with Gasteiger partial charge in [0.05, 0.1) is 5.69 Å². The normalized spacial score (nSPS) is 12.4. The Labute approximate surface area is 125 Å². The van der Waals surface area contributed by atoms with E-state index in [1.807, 2.05) is 20.1 Å². The fraction of sp³-hybridized carbons (Fsp3) is 0.455. The van der Waals surface area contributed by atoms with Crippen molar-refractivity contribution in [2.75, 3.05) is 17.3 Å². The number of aromatic nitrogens is 4. The molecular weight excluding hydrogens is 296 g/mol. The van der Waals surface area contributed by atoms with Crippen LogP contribution in [0.15, 0.2) is 5.16 Å². The molecule has 0 aliphatic rings. The monoisotopic (exact) mass is 312 g/mol. The number of nitrogens with one attached hydrogen (secondary N) is 1. The van der Waals surface area contributed by atoms with Gasteiger partial charge in [-0.2, -0.15) is 0 Å². The summed E-state index contributed by atoms with van der Waals surface area (Å²) in [6.07, 6.45) is 1.86. The molecule has 0 aromatic carbocycles. The first-order valence-electron chi connectivity index (χ1n) is 5.93. The van der Waals surface area contributed by atoms with Crippen molar-refractivity contribution in [2.24, 2.45) is 0 Å². The van der Waals surface area contributed by atoms with Crippen LogP contribution >= 0.6 is 23.1 Å². The van der Waals surface area contributed by atoms with Crippen LogP contribution in [0.2, 0.25) is 0 Å². The fourth-order valence-electron chi connectivity index (χ4n) is 1.64. The van der Waals surface area contributed by atoms with Crippen LogP contribution in [0.5, 0.6) is 0 Å². The van der Waals surface area contributed by atoms with Crippen molar-refractivity contribution in [3.8, 4) is 0 Å². The largest absolute Gasteiger partial charge is 0.368 e. The maximum absolute atomic E-state index is 12.3. The Hall–Kier alpha value is -1.61. The molecule has 2 aromatic rings. The van der Waals surface area contributed by atoms with E-state index in [2.05, 4.69) is 20.5 Å². The van der Waals surface area contributed by atoms with E-state index < -0.39 is 6.04 Å². The van der Waals surface area contributed by atoms with Crippen LogP contribution in [0.1, 0.15) is 23.5 Å². The Morgan fingerprint density at radius 1 is 1.45 bits per heavy atom. The molecule has 7 nitrogen and oxygen atoms in total. The molecule has 2 rings (SSSR count). The maximum Gasteiger partial charge on any atom is 0.249 e. The van der Waals surface area contributed by atoms with Crippen LogP contribution in [0, 0.1) is 13.8 Å². The van der Waals surface area contributed by atoms with Crippen molar-refractivity contribution < 1.29 is 4.79 Å². The molecule has 0 aliphatic heterocycles. The number of amides is 1. The van der Waals surface area contributed by atoms with Gasteiger partial charge < -0.3 is 11.1 Å². The smallest absolute Gasteiger partial charge is 0.249 e. The second-order valence-corrected chi connectivity index (χ2v) is 6.22. The maximum atomic E-state index is 12.3. The van der Waals surface area contributed by atoms with Gasteiger partial charge in [0.15, 0.2) is 10.3 Å². The molecule has 1 atom stereocenters. The quantitative estimate of drug-likeness (QED) is 0.836. The number of carbonyl (C=O) groups is 1. The number of thiazole rings is 1. The van der Waals surface area contributed by atoms with E-state index in [-0.39, 0.29) is 11.9 Å². The van der Waals surface area contributed by atoms with Gasteiger partial charge in [0.2, 0.25) is 11.9 Å². The summed E-state index contributed by atoms with van der Waals surface area (Å²) in [5.41, 5.74) is 6.68. The molecule has 0 fully saturated rings. The minimum Gasteiger partial charge on any atom is -0.368 e. The van der Waals surface area contributed by atoms with Crippen molar-refractivity contribution in [3.63, 3.8) is 0 Å². The Morgan fingerprint density at radius 3 is 2.70 bits per heavy atom. The highest BCUT2D eigenvalue weighted by atomic mass is 32.2. The average molecular weight is 312 g/mol. The Bertz CT molecular complexity index is 615. The minimum absolute atomic E-state index is 0.194. The van der Waals surface area contributed by atoms with E-state index >= 15 is 0 Å². The number of carbonyl (C=O) groups excluding carboxylic acids is 1. The molecule has 0 saturated carbocycles. The molecule has 0 spiro atoms. The third kappa shape index (κ3) is 2.78. The molecule has 0 radical (unpaired) electrons. The van der Waals surface area contributed by atoms with Gasteiger partial charge in [-0.25, -0.2) is 4.98 Å². The highest BCUT2D eigenvalue weighted by Gasteiger charge is 2.22. The molecule has 0 aliphatic carbocycles. The summed E-state index contributed by atoms with van der Waals surface area (Å²) < 4.78 is 1.60. The predicted octanol–water partition coefficient (Wildman–Crippen LogP) is 1.86. The lowest BCUT2D eigenvalue weighted by atomic mass is 10.3. The number of nitrogens with zero attached hydrogens (tertiary/aromatic N) is 4. The third-order valence-corrected chi connectivity index (χ3v) is 4.53. The molecule has 20 heavy (non-hydrogen) atoms. The summed E-state index contributed by atoms with van der Waals surface area (Å²) in [7, 11) is 0. The lowest BCUT2D eigenvalue weighted by Gasteiger charge is -2.14. The van der Waals surface area contributed by atoms with Gasteiger partial charge in [0.1, 0.15) is 6.04 Å². The van der Waals surface area contributed by atoms with Crippen LogP contribution in [0.25, 0.3) is 0 Å². The first-order chi connectivity index (χ1) is 9.43. The number of hydrogen-bond acceptors (Lipinski definition) is 7. The molecule has 0 bridgehead atoms. The summed E-state index contributed by atoms with van der Waals surface area (Å²) in [5, 5.41) is 11.7. The van der Waals surface area contributed by atoms with Crippen LogP contribution < -0.4 is 11.1 Å². The molecule has 0 saturated heterocycles. The number of anilines is 2. The van der Waals surface area contributed by atoms with E-state index in [1.165, 1.54) is 23.1 Å². The lowest BCUT2D eigenvalue weighted by Crippen LogP contribution is -2.25. The number of hydrogen-bond donors (Lipinski definition) is 2. The van der Waals surface area contributed by atoms with Gasteiger partial charge in [-0.15, -0.1) is 21.5 Å². The SMILES string of the molecule is CSc1nnc(N)n1C(C)C(=O)Nc1nc(C)c(C)s1. The zero-order chi connectivity index (χ0) is 14.9. The average Bonchev–Trinajstić information content (AvgIpc) is 2.92. The first kappa shape index (κ1) is 14.8. The summed E-state index contributed by atoms with van der Waals surface area (Å²) in [5.74, 6) is 0.0315.